The van der Waals surface area contributed by atoms with Crippen LogP contribution in [0.15, 0.2) is 29.0 Å². The number of aliphatic hydroxyl groups is 2. The summed E-state index contributed by atoms with van der Waals surface area (Å²) in [4.78, 5) is 27.5. The number of nitrogens with one attached hydrogen (secondary N) is 1. The van der Waals surface area contributed by atoms with Crippen molar-refractivity contribution in [1.82, 2.24) is 25.4 Å². The van der Waals surface area contributed by atoms with E-state index < -0.39 is 35.8 Å². The molecular formula is C27H34F2N6O5. The second-order valence-electron chi connectivity index (χ2n) is 10.1. The number of amides is 1. The SMILES string of the molecule is CC(C)c1nc(-c2cnc(N3CCC(CCCOc4cc(F)c(C(=O)NCC(O)CO)c(F)c4)CC3)nc2)no1. The lowest BCUT2D eigenvalue weighted by Crippen LogP contribution is -2.35. The quantitative estimate of drug-likeness (QED) is 0.282. The van der Waals surface area contributed by atoms with E-state index in [1.165, 1.54) is 0 Å². The lowest BCUT2D eigenvalue weighted by molar-refractivity contribution is 0.0796. The van der Waals surface area contributed by atoms with Crippen molar-refractivity contribution in [3.8, 4) is 17.1 Å². The number of aliphatic hydroxyl groups excluding tert-OH is 2. The molecule has 3 heterocycles. The molecule has 1 amide bonds. The van der Waals surface area contributed by atoms with Gasteiger partial charge in [-0.15, -0.1) is 0 Å². The van der Waals surface area contributed by atoms with Gasteiger partial charge in [-0.05, 0) is 31.6 Å². The first-order valence-corrected chi connectivity index (χ1v) is 13.3. The molecule has 1 aromatic carbocycles. The van der Waals surface area contributed by atoms with Gasteiger partial charge in [-0.25, -0.2) is 18.7 Å². The third-order valence-electron chi connectivity index (χ3n) is 6.71. The van der Waals surface area contributed by atoms with Crippen LogP contribution >= 0.6 is 0 Å². The maximum atomic E-state index is 14.4. The van der Waals surface area contributed by atoms with Crippen molar-refractivity contribution in [2.45, 2.75) is 51.6 Å². The minimum atomic E-state index is -1.22. The van der Waals surface area contributed by atoms with E-state index >= 15 is 0 Å². The average Bonchev–Trinajstić information content (AvgIpc) is 3.45. The minimum Gasteiger partial charge on any atom is -0.493 e. The van der Waals surface area contributed by atoms with Gasteiger partial charge in [0.2, 0.25) is 17.7 Å². The molecule has 1 fully saturated rings. The van der Waals surface area contributed by atoms with Crippen molar-refractivity contribution in [2.75, 3.05) is 37.7 Å². The Morgan fingerprint density at radius 2 is 1.88 bits per heavy atom. The first kappa shape index (κ1) is 29.3. The number of carbonyl (C=O) groups is 1. The molecule has 0 saturated carbocycles. The zero-order valence-electron chi connectivity index (χ0n) is 22.5. The fourth-order valence-electron chi connectivity index (χ4n) is 4.38. The van der Waals surface area contributed by atoms with Gasteiger partial charge < -0.3 is 29.7 Å². The zero-order chi connectivity index (χ0) is 28.6. The summed E-state index contributed by atoms with van der Waals surface area (Å²) >= 11 is 0. The molecule has 4 rings (SSSR count). The molecule has 0 radical (unpaired) electrons. The Labute approximate surface area is 230 Å². The van der Waals surface area contributed by atoms with Gasteiger partial charge in [0.1, 0.15) is 22.9 Å². The van der Waals surface area contributed by atoms with Crippen LogP contribution in [0.4, 0.5) is 14.7 Å². The van der Waals surface area contributed by atoms with Crippen LogP contribution < -0.4 is 15.0 Å². The molecule has 1 aliphatic rings. The zero-order valence-corrected chi connectivity index (χ0v) is 22.5. The molecule has 0 spiro atoms. The Kier molecular flexibility index (Phi) is 9.93. The monoisotopic (exact) mass is 560 g/mol. The number of aromatic nitrogens is 4. The smallest absolute Gasteiger partial charge is 0.257 e. The van der Waals surface area contributed by atoms with Gasteiger partial charge in [0.25, 0.3) is 5.91 Å². The molecule has 3 N–H and O–H groups in total. The highest BCUT2D eigenvalue weighted by Crippen LogP contribution is 2.26. The Hall–Kier alpha value is -3.71. The first-order chi connectivity index (χ1) is 19.2. The van der Waals surface area contributed by atoms with Crippen LogP contribution in [0.25, 0.3) is 11.4 Å². The molecule has 2 aromatic heterocycles. The third-order valence-corrected chi connectivity index (χ3v) is 6.71. The van der Waals surface area contributed by atoms with Crippen LogP contribution in [0.5, 0.6) is 5.75 Å². The topological polar surface area (TPSA) is 147 Å². The highest BCUT2D eigenvalue weighted by Gasteiger charge is 2.22. The molecule has 0 bridgehead atoms. The predicted octanol–water partition coefficient (Wildman–Crippen LogP) is 3.09. The number of nitrogens with zero attached hydrogens (tertiary/aromatic N) is 5. The van der Waals surface area contributed by atoms with E-state index in [9.17, 15) is 18.7 Å². The van der Waals surface area contributed by atoms with E-state index in [0.717, 1.165) is 44.5 Å². The van der Waals surface area contributed by atoms with Crippen molar-refractivity contribution < 1.29 is 33.0 Å². The van der Waals surface area contributed by atoms with E-state index in [0.29, 0.717) is 35.6 Å². The summed E-state index contributed by atoms with van der Waals surface area (Å²) in [6.07, 6.45) is 5.73. The van der Waals surface area contributed by atoms with E-state index in [2.05, 4.69) is 30.3 Å². The molecule has 1 saturated heterocycles. The molecule has 40 heavy (non-hydrogen) atoms. The molecule has 0 aliphatic carbocycles. The van der Waals surface area contributed by atoms with Gasteiger partial charge >= 0.3 is 0 Å². The van der Waals surface area contributed by atoms with Crippen molar-refractivity contribution in [3.63, 3.8) is 0 Å². The molecule has 1 aliphatic heterocycles. The molecule has 11 nitrogen and oxygen atoms in total. The van der Waals surface area contributed by atoms with Crippen LogP contribution in [0, 0.1) is 17.6 Å². The van der Waals surface area contributed by atoms with Crippen molar-refractivity contribution >= 4 is 11.9 Å². The second-order valence-corrected chi connectivity index (χ2v) is 10.1. The van der Waals surface area contributed by atoms with Gasteiger partial charge in [-0.1, -0.05) is 19.0 Å². The molecular weight excluding hydrogens is 526 g/mol. The Morgan fingerprint density at radius 3 is 2.48 bits per heavy atom. The number of rotatable bonds is 12. The molecule has 1 atom stereocenters. The Bertz CT molecular complexity index is 1240. The van der Waals surface area contributed by atoms with Gasteiger partial charge in [0.15, 0.2) is 0 Å². The van der Waals surface area contributed by atoms with Crippen LogP contribution in [0.1, 0.15) is 61.7 Å². The lowest BCUT2D eigenvalue weighted by atomic mass is 9.92. The Morgan fingerprint density at radius 1 is 1.20 bits per heavy atom. The number of piperidine rings is 1. The van der Waals surface area contributed by atoms with Crippen LogP contribution in [0.2, 0.25) is 0 Å². The highest BCUT2D eigenvalue weighted by molar-refractivity contribution is 5.94. The third kappa shape index (κ3) is 7.48. The Balaban J connectivity index is 1.19. The van der Waals surface area contributed by atoms with Crippen molar-refractivity contribution in [2.24, 2.45) is 5.92 Å². The number of hydrogen-bond donors (Lipinski definition) is 3. The summed E-state index contributed by atoms with van der Waals surface area (Å²) in [7, 11) is 0. The number of halogens is 2. The predicted molar refractivity (Wildman–Crippen MR) is 141 cm³/mol. The van der Waals surface area contributed by atoms with Gasteiger partial charge in [-0.3, -0.25) is 4.79 Å². The standard InChI is InChI=1S/C27H34F2N6O5/c1-16(2)26-33-24(34-40-26)18-12-31-27(32-13-18)35-7-5-17(6-8-35)4-3-9-39-20-10-21(28)23(22(29)11-20)25(38)30-14-19(37)15-36/h10-13,16-17,19,36-37H,3-9,14-15H2,1-2H3,(H,30,38). The largest absolute Gasteiger partial charge is 0.493 e. The highest BCUT2D eigenvalue weighted by atomic mass is 19.1. The van der Waals surface area contributed by atoms with Crippen LogP contribution in [-0.4, -0.2) is 75.2 Å². The fraction of sp³-hybridized carbons (Fsp3) is 0.519. The maximum absolute atomic E-state index is 14.4. The van der Waals surface area contributed by atoms with Gasteiger partial charge in [0.05, 0.1) is 24.9 Å². The number of benzene rings is 1. The summed E-state index contributed by atoms with van der Waals surface area (Å²) < 4.78 is 39.5. The van der Waals surface area contributed by atoms with Crippen LogP contribution in [-0.2, 0) is 0 Å². The number of anilines is 1. The van der Waals surface area contributed by atoms with E-state index in [1.807, 2.05) is 13.8 Å². The average molecular weight is 561 g/mol. The van der Waals surface area contributed by atoms with Gasteiger partial charge in [-0.2, -0.15) is 4.98 Å². The molecule has 1 unspecified atom stereocenters. The summed E-state index contributed by atoms with van der Waals surface area (Å²) in [5.41, 5.74) is -0.0669. The second kappa shape index (κ2) is 13.6. The lowest BCUT2D eigenvalue weighted by Gasteiger charge is -2.32. The number of carbonyl (C=O) groups excluding carboxylic acids is 1. The summed E-state index contributed by atoms with van der Waals surface area (Å²) in [6.45, 7) is 4.98. The fourth-order valence-corrected chi connectivity index (χ4v) is 4.38. The summed E-state index contributed by atoms with van der Waals surface area (Å²) in [5, 5.41) is 24.2. The van der Waals surface area contributed by atoms with Gasteiger partial charge in [0, 0.05) is 50.1 Å². The van der Waals surface area contributed by atoms with E-state index in [4.69, 9.17) is 14.4 Å². The van der Waals surface area contributed by atoms with Crippen molar-refractivity contribution in [3.05, 3.63) is 47.6 Å². The minimum absolute atomic E-state index is 0.00129. The molecule has 13 heteroatoms. The molecule has 216 valence electrons. The summed E-state index contributed by atoms with van der Waals surface area (Å²) in [6, 6.07) is 1.93. The maximum Gasteiger partial charge on any atom is 0.257 e. The number of ether oxygens (including phenoxy) is 1. The van der Waals surface area contributed by atoms with E-state index in [-0.39, 0.29) is 24.8 Å². The first-order valence-electron chi connectivity index (χ1n) is 13.3. The normalized spacial score (nSPS) is 14.9. The van der Waals surface area contributed by atoms with E-state index in [1.54, 1.807) is 12.4 Å². The number of hydrogen-bond acceptors (Lipinski definition) is 10. The van der Waals surface area contributed by atoms with Crippen molar-refractivity contribution in [1.29, 1.82) is 0 Å². The summed E-state index contributed by atoms with van der Waals surface area (Å²) in [5.74, 6) is -0.817. The van der Waals surface area contributed by atoms with Crippen LogP contribution in [0.3, 0.4) is 0 Å². The molecule has 3 aromatic rings.